The highest BCUT2D eigenvalue weighted by Gasteiger charge is 2.27. The average molecular weight is 1160 g/mol. The number of aliphatic imine (C=N–C) groups is 2. The van der Waals surface area contributed by atoms with Gasteiger partial charge in [0.2, 0.25) is 0 Å². The van der Waals surface area contributed by atoms with Crippen molar-refractivity contribution < 1.29 is 20.4 Å². The van der Waals surface area contributed by atoms with Gasteiger partial charge in [0.25, 0.3) is 0 Å². The maximum atomic E-state index is 8.65. The number of hydrogen-bond donors (Lipinski definition) is 6. The molecule has 0 radical (unpaired) electrons. The number of aromatic hydroxyl groups is 4. The highest BCUT2D eigenvalue weighted by atomic mass is 32.1. The molecule has 10 aromatic rings. The quantitative estimate of drug-likeness (QED) is 0.0813. The molecule has 0 amide bonds. The number of benzene rings is 8. The van der Waals surface area contributed by atoms with Crippen LogP contribution < -0.4 is 10.6 Å². The molecule has 0 atom stereocenters. The number of rotatable bonds is 0. The third-order valence-corrected chi connectivity index (χ3v) is 14.9. The van der Waals surface area contributed by atoms with Gasteiger partial charge in [0, 0.05) is 62.1 Å². The molecule has 0 spiro atoms. The zero-order valence-electron chi connectivity index (χ0n) is 48.2. The van der Waals surface area contributed by atoms with Gasteiger partial charge in [0.15, 0.2) is 0 Å². The number of amidine groups is 2. The van der Waals surface area contributed by atoms with Crippen molar-refractivity contribution in [3.05, 3.63) is 276 Å². The number of hydrogen-bond acceptors (Lipinski definition) is 14. The summed E-state index contributed by atoms with van der Waals surface area (Å²) >= 11 is 3.61. The van der Waals surface area contributed by atoms with Crippen LogP contribution in [0.15, 0.2) is 265 Å². The Labute approximate surface area is 503 Å². The van der Waals surface area contributed by atoms with Gasteiger partial charge in [0.05, 0.1) is 33.9 Å². The van der Waals surface area contributed by atoms with Crippen molar-refractivity contribution in [1.29, 1.82) is 0 Å². The summed E-state index contributed by atoms with van der Waals surface area (Å²) in [4.78, 5) is 22.3. The number of anilines is 4. The Morgan fingerprint density at radius 2 is 0.571 bits per heavy atom. The first-order valence-electron chi connectivity index (χ1n) is 27.9. The van der Waals surface area contributed by atoms with Crippen molar-refractivity contribution in [2.24, 2.45) is 9.98 Å². The van der Waals surface area contributed by atoms with E-state index in [0.717, 1.165) is 86.8 Å². The summed E-state index contributed by atoms with van der Waals surface area (Å²) in [6.45, 7) is 12.8. The smallest absolute Gasteiger partial charge is 0.139 e. The molecule has 2 saturated heterocycles. The molecule has 14 heteroatoms. The summed E-state index contributed by atoms with van der Waals surface area (Å²) in [6.07, 6.45) is 0. The number of nitrogens with zero attached hydrogens (tertiary/aromatic N) is 6. The van der Waals surface area contributed by atoms with Crippen LogP contribution in [0.25, 0.3) is 0 Å². The SMILES string of the molecule is Cc1cc2c(s1)Nc1ccccc1N=C2N1CCN(C)CC1.Cc1cc2c(s1)Nc1ccccc1N=C2N1CCN(C)CC1.Oc1ccc(O)cc1.Oc1ccc(O)cc1.c1ccccc1.c1ccccc1.c1ccccc1.c1ccccc1. The highest BCUT2D eigenvalue weighted by Crippen LogP contribution is 2.40. The number of phenols is 4. The lowest BCUT2D eigenvalue weighted by molar-refractivity contribution is 0.216. The number of likely N-dealkylation sites (N-methyl/N-ethyl adjacent to an activating group) is 2. The van der Waals surface area contributed by atoms with Gasteiger partial charge in [-0.1, -0.05) is 170 Å². The minimum absolute atomic E-state index is 0.169. The van der Waals surface area contributed by atoms with E-state index in [4.69, 9.17) is 30.4 Å². The van der Waals surface area contributed by atoms with Gasteiger partial charge in [0.1, 0.15) is 44.7 Å². The zero-order chi connectivity index (χ0) is 59.1. The van der Waals surface area contributed by atoms with Gasteiger partial charge in [-0.25, -0.2) is 9.98 Å². The van der Waals surface area contributed by atoms with E-state index in [1.54, 1.807) is 22.7 Å². The fourth-order valence-electron chi connectivity index (χ4n) is 8.46. The van der Waals surface area contributed by atoms with Gasteiger partial charge in [-0.2, -0.15) is 0 Å². The highest BCUT2D eigenvalue weighted by molar-refractivity contribution is 7.17. The molecule has 0 bridgehead atoms. The minimum atomic E-state index is 0.169. The summed E-state index contributed by atoms with van der Waals surface area (Å²) in [6, 6.07) is 80.5. The van der Waals surface area contributed by atoms with Crippen molar-refractivity contribution in [2.75, 3.05) is 77.1 Å². The summed E-state index contributed by atoms with van der Waals surface area (Å²) < 4.78 is 0. The first kappa shape index (κ1) is 62.4. The molecule has 4 aliphatic rings. The summed E-state index contributed by atoms with van der Waals surface area (Å²) in [5.41, 5.74) is 6.71. The second kappa shape index (κ2) is 34.3. The topological polar surface area (TPSA) is 143 Å². The summed E-state index contributed by atoms with van der Waals surface area (Å²) in [7, 11) is 4.37. The van der Waals surface area contributed by atoms with Crippen molar-refractivity contribution in [2.45, 2.75) is 13.8 Å². The Bertz CT molecular complexity index is 3020. The van der Waals surface area contributed by atoms with Crippen LogP contribution in [0.1, 0.15) is 20.9 Å². The maximum Gasteiger partial charge on any atom is 0.139 e. The third kappa shape index (κ3) is 21.3. The molecule has 2 aromatic heterocycles. The Morgan fingerprint density at radius 1 is 0.333 bits per heavy atom. The first-order chi connectivity index (χ1) is 41.0. The van der Waals surface area contributed by atoms with E-state index in [9.17, 15) is 0 Å². The van der Waals surface area contributed by atoms with Crippen LogP contribution >= 0.6 is 22.7 Å². The molecule has 8 aromatic carbocycles. The number of nitrogens with one attached hydrogen (secondary N) is 2. The second-order valence-electron chi connectivity index (χ2n) is 19.6. The van der Waals surface area contributed by atoms with Gasteiger partial charge < -0.3 is 50.7 Å². The maximum absolute atomic E-state index is 8.65. The number of thiophene rings is 2. The molecule has 84 heavy (non-hydrogen) atoms. The number of phenolic OH excluding ortho intramolecular Hbond substituents is 4. The lowest BCUT2D eigenvalue weighted by atomic mass is 10.2. The number of fused-ring (bicyclic) bond motifs is 4. The van der Waals surface area contributed by atoms with Gasteiger partial charge in [-0.15, -0.1) is 22.7 Å². The van der Waals surface area contributed by atoms with E-state index < -0.39 is 0 Å². The fraction of sp³-hybridized carbons (Fsp3) is 0.171. The van der Waals surface area contributed by atoms with Crippen LogP contribution in [0, 0.1) is 13.8 Å². The molecule has 0 aliphatic carbocycles. The number of aryl methyl sites for hydroxylation is 2. The van der Waals surface area contributed by atoms with Crippen molar-refractivity contribution in [3.8, 4) is 23.0 Å². The number of piperazine rings is 2. The largest absolute Gasteiger partial charge is 0.508 e. The molecule has 2 fully saturated rings. The van der Waals surface area contributed by atoms with E-state index in [1.165, 1.54) is 79.4 Å². The molecule has 6 heterocycles. The Kier molecular flexibility index (Phi) is 25.5. The molecular formula is C70H76N8O4S2. The molecular weight excluding hydrogens is 1080 g/mol. The number of para-hydroxylation sites is 4. The predicted octanol–water partition coefficient (Wildman–Crippen LogP) is 15.8. The van der Waals surface area contributed by atoms with Crippen LogP contribution in [-0.4, -0.2) is 118 Å². The average Bonchev–Trinajstić information content (AvgIpc) is 4.04. The van der Waals surface area contributed by atoms with Crippen molar-refractivity contribution >= 4 is 67.1 Å². The van der Waals surface area contributed by atoms with Crippen LogP contribution in [0.3, 0.4) is 0 Å². The molecule has 432 valence electrons. The lowest BCUT2D eigenvalue weighted by Crippen LogP contribution is -2.47. The van der Waals surface area contributed by atoms with E-state index in [2.05, 4.69) is 119 Å². The van der Waals surface area contributed by atoms with Gasteiger partial charge in [-0.3, -0.25) is 0 Å². The third-order valence-electron chi connectivity index (χ3n) is 12.9. The van der Waals surface area contributed by atoms with Crippen molar-refractivity contribution in [3.63, 3.8) is 0 Å². The first-order valence-corrected chi connectivity index (χ1v) is 29.6. The van der Waals surface area contributed by atoms with Crippen LogP contribution in [0.4, 0.5) is 32.8 Å². The Balaban J connectivity index is 0.000000149. The lowest BCUT2D eigenvalue weighted by Gasteiger charge is -2.34. The molecule has 6 N–H and O–H groups in total. The van der Waals surface area contributed by atoms with Gasteiger partial charge in [-0.05, 0) is 113 Å². The Morgan fingerprint density at radius 3 is 0.821 bits per heavy atom. The normalized spacial score (nSPS) is 13.5. The van der Waals surface area contributed by atoms with Crippen molar-refractivity contribution in [1.82, 2.24) is 19.6 Å². The summed E-state index contributed by atoms with van der Waals surface area (Å²) in [5.74, 6) is 2.91. The molecule has 0 saturated carbocycles. The van der Waals surface area contributed by atoms with E-state index in [0.29, 0.717) is 0 Å². The second-order valence-corrected chi connectivity index (χ2v) is 22.1. The molecule has 14 rings (SSSR count). The Hall–Kier alpha value is -9.18. The van der Waals surface area contributed by atoms with Gasteiger partial charge >= 0.3 is 0 Å². The molecule has 0 unspecified atom stereocenters. The molecule has 4 aliphatic heterocycles. The monoisotopic (exact) mass is 1160 g/mol. The predicted molar refractivity (Wildman–Crippen MR) is 353 cm³/mol. The van der Waals surface area contributed by atoms with Crippen LogP contribution in [-0.2, 0) is 0 Å². The van der Waals surface area contributed by atoms with E-state index in [-0.39, 0.29) is 23.0 Å². The van der Waals surface area contributed by atoms with Crippen LogP contribution in [0.2, 0.25) is 0 Å². The summed E-state index contributed by atoms with van der Waals surface area (Å²) in [5, 5.41) is 44.1. The van der Waals surface area contributed by atoms with E-state index in [1.807, 2.05) is 146 Å². The standard InChI is InChI=1S/2C17H20N4S.2C6H6O2.4C6H6/c2*1-12-11-13-16(21-9-7-20(2)8-10-21)18-14-5-3-4-6-15(14)19-17(13)22-12;2*7-5-1-2-6(8)4-3-5;4*1-2-4-6-5-3-1/h2*3-6,11,19H,7-10H2,1-2H3;2*1-4,7-8H;4*1-6H. The molecule has 12 nitrogen and oxygen atoms in total. The fourth-order valence-corrected chi connectivity index (χ4v) is 10.3. The van der Waals surface area contributed by atoms with Crippen LogP contribution in [0.5, 0.6) is 23.0 Å². The van der Waals surface area contributed by atoms with E-state index >= 15 is 0 Å². The zero-order valence-corrected chi connectivity index (χ0v) is 49.8. The minimum Gasteiger partial charge on any atom is -0.508 e.